The lowest BCUT2D eigenvalue weighted by Crippen LogP contribution is -2.40. The molecule has 0 amide bonds. The molecule has 4 heteroatoms. The summed E-state index contributed by atoms with van der Waals surface area (Å²) in [6, 6.07) is 14.7. The molecule has 26 heavy (non-hydrogen) atoms. The minimum Gasteiger partial charge on any atom is -0.462 e. The molecule has 0 bridgehead atoms. The van der Waals surface area contributed by atoms with Gasteiger partial charge in [-0.25, -0.2) is 4.79 Å². The van der Waals surface area contributed by atoms with E-state index in [2.05, 4.69) is 18.7 Å². The van der Waals surface area contributed by atoms with Crippen LogP contribution in [-0.4, -0.2) is 42.2 Å². The van der Waals surface area contributed by atoms with Crippen LogP contribution in [0.3, 0.4) is 0 Å². The topological polar surface area (TPSA) is 49.8 Å². The summed E-state index contributed by atoms with van der Waals surface area (Å²) >= 11 is 0. The number of benzene rings is 2. The van der Waals surface area contributed by atoms with E-state index >= 15 is 0 Å². The highest BCUT2D eigenvalue weighted by Crippen LogP contribution is 2.33. The van der Waals surface area contributed by atoms with Gasteiger partial charge < -0.3 is 14.7 Å². The summed E-state index contributed by atoms with van der Waals surface area (Å²) in [7, 11) is 0. The van der Waals surface area contributed by atoms with E-state index in [9.17, 15) is 9.90 Å². The van der Waals surface area contributed by atoms with Crippen LogP contribution < -0.4 is 0 Å². The molecule has 0 aliphatic carbocycles. The molecule has 140 valence electrons. The molecule has 0 fully saturated rings. The lowest BCUT2D eigenvalue weighted by molar-refractivity contribution is -0.162. The second kappa shape index (κ2) is 8.97. The van der Waals surface area contributed by atoms with Crippen LogP contribution in [0.1, 0.15) is 36.1 Å². The summed E-state index contributed by atoms with van der Waals surface area (Å²) in [5.74, 6) is -0.636. The molecule has 0 unspecified atom stereocenters. The smallest absolute Gasteiger partial charge is 0.347 e. The van der Waals surface area contributed by atoms with Crippen molar-refractivity contribution in [2.75, 3.05) is 26.2 Å². The van der Waals surface area contributed by atoms with Crippen LogP contribution >= 0.6 is 0 Å². The van der Waals surface area contributed by atoms with Gasteiger partial charge in [0.05, 0.1) is 0 Å². The fourth-order valence-corrected chi connectivity index (χ4v) is 3.19. The van der Waals surface area contributed by atoms with Crippen molar-refractivity contribution in [1.29, 1.82) is 0 Å². The van der Waals surface area contributed by atoms with Crippen LogP contribution in [0.15, 0.2) is 48.5 Å². The number of aryl methyl sites for hydroxylation is 2. The van der Waals surface area contributed by atoms with Gasteiger partial charge in [-0.2, -0.15) is 0 Å². The Hall–Kier alpha value is -2.17. The highest BCUT2D eigenvalue weighted by atomic mass is 16.5. The predicted octanol–water partition coefficient (Wildman–Crippen LogP) is 3.42. The van der Waals surface area contributed by atoms with Crippen LogP contribution in [0.25, 0.3) is 0 Å². The highest BCUT2D eigenvalue weighted by Gasteiger charge is 2.42. The maximum absolute atomic E-state index is 13.0. The van der Waals surface area contributed by atoms with Crippen LogP contribution in [0.5, 0.6) is 0 Å². The third-order valence-electron chi connectivity index (χ3n) is 4.79. The Morgan fingerprint density at radius 3 is 2.31 bits per heavy atom. The number of aliphatic hydroxyl groups is 1. The molecule has 0 spiro atoms. The van der Waals surface area contributed by atoms with E-state index in [0.717, 1.165) is 24.2 Å². The Morgan fingerprint density at radius 1 is 1.08 bits per heavy atom. The molecule has 0 aliphatic rings. The van der Waals surface area contributed by atoms with E-state index in [-0.39, 0.29) is 6.61 Å². The van der Waals surface area contributed by atoms with Gasteiger partial charge in [-0.05, 0) is 38.1 Å². The molecule has 2 rings (SSSR count). The van der Waals surface area contributed by atoms with Crippen molar-refractivity contribution in [3.05, 3.63) is 70.8 Å². The van der Waals surface area contributed by atoms with Gasteiger partial charge in [0, 0.05) is 12.1 Å². The molecule has 0 aromatic heterocycles. The molecule has 1 atom stereocenters. The molecule has 2 aromatic rings. The number of nitrogens with zero attached hydrogens (tertiary/aromatic N) is 1. The molecule has 1 N–H and O–H groups in total. The summed E-state index contributed by atoms with van der Waals surface area (Å²) < 4.78 is 5.50. The van der Waals surface area contributed by atoms with Crippen molar-refractivity contribution < 1.29 is 14.6 Å². The Balaban J connectivity index is 2.34. The zero-order chi connectivity index (χ0) is 19.2. The average molecular weight is 355 g/mol. The molecule has 2 aromatic carbocycles. The second-order valence-electron chi connectivity index (χ2n) is 6.56. The summed E-state index contributed by atoms with van der Waals surface area (Å²) in [6.45, 7) is 10.7. The van der Waals surface area contributed by atoms with Crippen LogP contribution in [-0.2, 0) is 15.1 Å². The standard InChI is InChI=1S/C22H29NO3/c1-5-23(6-2)14-15-26-21(24)22(25,19-10-8-7-9-11-19)20-13-12-17(3)16-18(20)4/h7-13,16,25H,5-6,14-15H2,1-4H3/t22-/m1/s1. The second-order valence-corrected chi connectivity index (χ2v) is 6.56. The molecule has 4 nitrogen and oxygen atoms in total. The maximum Gasteiger partial charge on any atom is 0.347 e. The van der Waals surface area contributed by atoms with E-state index in [1.807, 2.05) is 50.2 Å². The fourth-order valence-electron chi connectivity index (χ4n) is 3.19. The van der Waals surface area contributed by atoms with Crippen molar-refractivity contribution in [3.8, 4) is 0 Å². The number of hydrogen-bond donors (Lipinski definition) is 1. The van der Waals surface area contributed by atoms with Gasteiger partial charge in [0.2, 0.25) is 5.60 Å². The molecule has 0 aliphatic heterocycles. The van der Waals surface area contributed by atoms with E-state index in [1.165, 1.54) is 0 Å². The van der Waals surface area contributed by atoms with Crippen molar-refractivity contribution in [2.45, 2.75) is 33.3 Å². The Labute approximate surface area is 156 Å². The monoisotopic (exact) mass is 355 g/mol. The average Bonchev–Trinajstić information content (AvgIpc) is 2.65. The molecule has 0 saturated carbocycles. The number of carbonyl (C=O) groups excluding carboxylic acids is 1. The van der Waals surface area contributed by atoms with E-state index in [1.54, 1.807) is 12.1 Å². The first-order valence-electron chi connectivity index (χ1n) is 9.18. The van der Waals surface area contributed by atoms with Gasteiger partial charge in [-0.3, -0.25) is 0 Å². The third-order valence-corrected chi connectivity index (χ3v) is 4.79. The minimum atomic E-state index is -1.82. The number of likely N-dealkylation sites (N-methyl/N-ethyl adjacent to an activating group) is 1. The summed E-state index contributed by atoms with van der Waals surface area (Å²) in [6.07, 6.45) is 0. The molecular weight excluding hydrogens is 326 g/mol. The van der Waals surface area contributed by atoms with Crippen LogP contribution in [0.4, 0.5) is 0 Å². The van der Waals surface area contributed by atoms with Crippen molar-refractivity contribution >= 4 is 5.97 Å². The van der Waals surface area contributed by atoms with Gasteiger partial charge >= 0.3 is 5.97 Å². The Kier molecular flexibility index (Phi) is 6.95. The molecule has 0 radical (unpaired) electrons. The zero-order valence-corrected chi connectivity index (χ0v) is 16.2. The predicted molar refractivity (Wildman–Crippen MR) is 104 cm³/mol. The lowest BCUT2D eigenvalue weighted by atomic mass is 9.83. The first-order chi connectivity index (χ1) is 12.4. The van der Waals surface area contributed by atoms with Crippen LogP contribution in [0, 0.1) is 13.8 Å². The molecular formula is C22H29NO3. The molecule has 0 heterocycles. The van der Waals surface area contributed by atoms with Gasteiger partial charge in [-0.15, -0.1) is 0 Å². The highest BCUT2D eigenvalue weighted by molar-refractivity contribution is 5.86. The van der Waals surface area contributed by atoms with Crippen molar-refractivity contribution in [3.63, 3.8) is 0 Å². The van der Waals surface area contributed by atoms with Gasteiger partial charge in [0.25, 0.3) is 0 Å². The summed E-state index contributed by atoms with van der Waals surface area (Å²) in [4.78, 5) is 15.1. The quantitative estimate of drug-likeness (QED) is 0.737. The largest absolute Gasteiger partial charge is 0.462 e. The van der Waals surface area contributed by atoms with Gasteiger partial charge in [0.1, 0.15) is 6.61 Å². The number of hydrogen-bond acceptors (Lipinski definition) is 4. The maximum atomic E-state index is 13.0. The van der Waals surface area contributed by atoms with Gasteiger partial charge in [0.15, 0.2) is 0 Å². The van der Waals surface area contributed by atoms with E-state index < -0.39 is 11.6 Å². The third kappa shape index (κ3) is 4.32. The summed E-state index contributed by atoms with van der Waals surface area (Å²) in [5, 5.41) is 11.5. The normalized spacial score (nSPS) is 13.5. The summed E-state index contributed by atoms with van der Waals surface area (Å²) in [5.41, 5.74) is 1.19. The Morgan fingerprint density at radius 2 is 1.73 bits per heavy atom. The SMILES string of the molecule is CCN(CC)CCOC(=O)[C@@](O)(c1ccccc1)c1ccc(C)cc1C. The first-order valence-corrected chi connectivity index (χ1v) is 9.18. The lowest BCUT2D eigenvalue weighted by Gasteiger charge is -2.29. The van der Waals surface area contributed by atoms with Gasteiger partial charge in [-0.1, -0.05) is 67.9 Å². The number of rotatable bonds is 8. The minimum absolute atomic E-state index is 0.251. The molecule has 0 saturated heterocycles. The van der Waals surface area contributed by atoms with E-state index in [0.29, 0.717) is 17.7 Å². The van der Waals surface area contributed by atoms with Crippen molar-refractivity contribution in [2.24, 2.45) is 0 Å². The Bertz CT molecular complexity index is 725. The van der Waals surface area contributed by atoms with E-state index in [4.69, 9.17) is 4.74 Å². The van der Waals surface area contributed by atoms with Crippen LogP contribution in [0.2, 0.25) is 0 Å². The number of esters is 1. The van der Waals surface area contributed by atoms with Crippen molar-refractivity contribution in [1.82, 2.24) is 4.90 Å². The fraction of sp³-hybridized carbons (Fsp3) is 0.409. The first kappa shape index (κ1) is 20.1. The number of carbonyl (C=O) groups is 1. The number of ether oxygens (including phenoxy) is 1. The zero-order valence-electron chi connectivity index (χ0n) is 16.2.